The summed E-state index contributed by atoms with van der Waals surface area (Å²) in [5, 5.41) is 4.47. The quantitative estimate of drug-likeness (QED) is 0.684. The van der Waals surface area contributed by atoms with Crippen LogP contribution in [-0.2, 0) is 6.42 Å². The number of hydrogen-bond acceptors (Lipinski definition) is 1. The Kier molecular flexibility index (Phi) is 2.05. The van der Waals surface area contributed by atoms with E-state index in [0.717, 1.165) is 6.42 Å². The molecule has 0 amide bonds. The Morgan fingerprint density at radius 3 is 2.92 bits per heavy atom. The van der Waals surface area contributed by atoms with E-state index >= 15 is 0 Å². The van der Waals surface area contributed by atoms with Gasteiger partial charge in [-0.05, 0) is 30.5 Å². The molecule has 0 aliphatic rings. The van der Waals surface area contributed by atoms with Crippen molar-refractivity contribution < 1.29 is 0 Å². The standard InChI is InChI=1S/C11H14N2/c1-9(2)7-10-8-11-5-3-4-6-13(11)12-10/h3-6,8-9H,7H2,1-2H3. The summed E-state index contributed by atoms with van der Waals surface area (Å²) in [6.45, 7) is 4.42. The lowest BCUT2D eigenvalue weighted by Gasteiger charge is -1.97. The Morgan fingerprint density at radius 1 is 1.38 bits per heavy atom. The van der Waals surface area contributed by atoms with Crippen LogP contribution in [0.3, 0.4) is 0 Å². The molecule has 2 aromatic heterocycles. The molecule has 13 heavy (non-hydrogen) atoms. The van der Waals surface area contributed by atoms with E-state index in [4.69, 9.17) is 0 Å². The predicted molar refractivity (Wildman–Crippen MR) is 53.7 cm³/mol. The first-order valence-electron chi connectivity index (χ1n) is 4.69. The van der Waals surface area contributed by atoms with Crippen molar-refractivity contribution >= 4 is 5.52 Å². The van der Waals surface area contributed by atoms with Crippen LogP contribution < -0.4 is 0 Å². The second-order valence-electron chi connectivity index (χ2n) is 3.80. The summed E-state index contributed by atoms with van der Waals surface area (Å²) in [4.78, 5) is 0. The highest BCUT2D eigenvalue weighted by Crippen LogP contribution is 2.09. The maximum atomic E-state index is 4.47. The van der Waals surface area contributed by atoms with Crippen molar-refractivity contribution in [2.45, 2.75) is 20.3 Å². The molecule has 0 aliphatic carbocycles. The van der Waals surface area contributed by atoms with Gasteiger partial charge in [-0.3, -0.25) is 0 Å². The summed E-state index contributed by atoms with van der Waals surface area (Å²) in [7, 11) is 0. The number of nitrogens with zero attached hydrogens (tertiary/aromatic N) is 2. The third kappa shape index (κ3) is 1.72. The highest BCUT2D eigenvalue weighted by molar-refractivity contribution is 5.46. The van der Waals surface area contributed by atoms with Gasteiger partial charge in [0.1, 0.15) is 0 Å². The minimum Gasteiger partial charge on any atom is -0.241 e. The SMILES string of the molecule is CC(C)Cc1cc2ccccn2n1. The Bertz CT molecular complexity index is 368. The average molecular weight is 174 g/mol. The van der Waals surface area contributed by atoms with E-state index in [1.54, 1.807) is 0 Å². The molecule has 0 N–H and O–H groups in total. The van der Waals surface area contributed by atoms with Gasteiger partial charge in [-0.25, -0.2) is 4.52 Å². The largest absolute Gasteiger partial charge is 0.241 e. The third-order valence-corrected chi connectivity index (χ3v) is 2.04. The van der Waals surface area contributed by atoms with Crippen LogP contribution in [0.2, 0.25) is 0 Å². The van der Waals surface area contributed by atoms with Gasteiger partial charge < -0.3 is 0 Å². The lowest BCUT2D eigenvalue weighted by Crippen LogP contribution is -1.94. The first kappa shape index (κ1) is 8.30. The van der Waals surface area contributed by atoms with Gasteiger partial charge >= 0.3 is 0 Å². The topological polar surface area (TPSA) is 17.3 Å². The summed E-state index contributed by atoms with van der Waals surface area (Å²) in [6.07, 6.45) is 3.04. The molecule has 0 atom stereocenters. The zero-order valence-electron chi connectivity index (χ0n) is 8.07. The lowest BCUT2D eigenvalue weighted by molar-refractivity contribution is 0.630. The van der Waals surface area contributed by atoms with Crippen LogP contribution in [0, 0.1) is 5.92 Å². The molecule has 2 heteroatoms. The Morgan fingerprint density at radius 2 is 2.23 bits per heavy atom. The number of hydrogen-bond donors (Lipinski definition) is 0. The predicted octanol–water partition coefficient (Wildman–Crippen LogP) is 2.53. The molecule has 0 saturated carbocycles. The molecule has 68 valence electrons. The van der Waals surface area contributed by atoms with Crippen molar-refractivity contribution in [3.05, 3.63) is 36.2 Å². The van der Waals surface area contributed by atoms with Crippen LogP contribution in [0.4, 0.5) is 0 Å². The van der Waals surface area contributed by atoms with E-state index in [-0.39, 0.29) is 0 Å². The summed E-state index contributed by atoms with van der Waals surface area (Å²) in [6, 6.07) is 8.27. The van der Waals surface area contributed by atoms with Crippen LogP contribution >= 0.6 is 0 Å². The Labute approximate surface area is 78.2 Å². The van der Waals surface area contributed by atoms with E-state index in [9.17, 15) is 0 Å². The van der Waals surface area contributed by atoms with Gasteiger partial charge in [0.2, 0.25) is 0 Å². The van der Waals surface area contributed by atoms with Gasteiger partial charge in [-0.1, -0.05) is 19.9 Å². The van der Waals surface area contributed by atoms with Crippen LogP contribution in [0.5, 0.6) is 0 Å². The van der Waals surface area contributed by atoms with E-state index in [0.29, 0.717) is 5.92 Å². The van der Waals surface area contributed by atoms with Crippen molar-refractivity contribution in [3.63, 3.8) is 0 Å². The number of pyridine rings is 1. The summed E-state index contributed by atoms with van der Waals surface area (Å²) in [5.41, 5.74) is 2.36. The Hall–Kier alpha value is -1.31. The molecule has 0 fully saturated rings. The minimum absolute atomic E-state index is 0.671. The molecule has 0 radical (unpaired) electrons. The summed E-state index contributed by atoms with van der Waals surface area (Å²) >= 11 is 0. The van der Waals surface area contributed by atoms with Crippen LogP contribution in [0.25, 0.3) is 5.52 Å². The summed E-state index contributed by atoms with van der Waals surface area (Å²) in [5.74, 6) is 0.671. The minimum atomic E-state index is 0.671. The average Bonchev–Trinajstić information content (AvgIpc) is 2.44. The van der Waals surface area contributed by atoms with Gasteiger partial charge in [0, 0.05) is 6.20 Å². The maximum Gasteiger partial charge on any atom is 0.0664 e. The zero-order chi connectivity index (χ0) is 9.26. The number of rotatable bonds is 2. The van der Waals surface area contributed by atoms with Crippen molar-refractivity contribution in [2.75, 3.05) is 0 Å². The van der Waals surface area contributed by atoms with E-state index in [2.05, 4.69) is 31.1 Å². The molecule has 0 unspecified atom stereocenters. The van der Waals surface area contributed by atoms with Gasteiger partial charge in [-0.2, -0.15) is 5.10 Å². The van der Waals surface area contributed by atoms with Crippen LogP contribution in [0.15, 0.2) is 30.5 Å². The fraction of sp³-hybridized carbons (Fsp3) is 0.364. The first-order chi connectivity index (χ1) is 6.25. The molecule has 0 bridgehead atoms. The van der Waals surface area contributed by atoms with Crippen LogP contribution in [0.1, 0.15) is 19.5 Å². The molecular formula is C11H14N2. The van der Waals surface area contributed by atoms with Crippen LogP contribution in [-0.4, -0.2) is 9.61 Å². The molecule has 0 aromatic carbocycles. The molecule has 0 aliphatic heterocycles. The highest BCUT2D eigenvalue weighted by atomic mass is 15.2. The van der Waals surface area contributed by atoms with Crippen molar-refractivity contribution in [3.8, 4) is 0 Å². The highest BCUT2D eigenvalue weighted by Gasteiger charge is 2.02. The number of fused-ring (bicyclic) bond motifs is 1. The zero-order valence-corrected chi connectivity index (χ0v) is 8.07. The van der Waals surface area contributed by atoms with E-state index < -0.39 is 0 Å². The molecule has 2 nitrogen and oxygen atoms in total. The maximum absolute atomic E-state index is 4.47. The smallest absolute Gasteiger partial charge is 0.0664 e. The van der Waals surface area contributed by atoms with Gasteiger partial charge in [-0.15, -0.1) is 0 Å². The van der Waals surface area contributed by atoms with Gasteiger partial charge in [0.25, 0.3) is 0 Å². The third-order valence-electron chi connectivity index (χ3n) is 2.04. The van der Waals surface area contributed by atoms with Gasteiger partial charge in [0.15, 0.2) is 0 Å². The molecule has 0 saturated heterocycles. The molecule has 0 spiro atoms. The van der Waals surface area contributed by atoms with E-state index in [1.807, 2.05) is 22.8 Å². The molecule has 2 aromatic rings. The normalized spacial score (nSPS) is 11.3. The van der Waals surface area contributed by atoms with E-state index in [1.165, 1.54) is 11.2 Å². The first-order valence-corrected chi connectivity index (χ1v) is 4.69. The van der Waals surface area contributed by atoms with Crippen molar-refractivity contribution in [1.29, 1.82) is 0 Å². The lowest BCUT2D eigenvalue weighted by atomic mass is 10.1. The molecule has 2 rings (SSSR count). The Balaban J connectivity index is 2.38. The second kappa shape index (κ2) is 3.21. The fourth-order valence-corrected chi connectivity index (χ4v) is 1.51. The van der Waals surface area contributed by atoms with Gasteiger partial charge in [0.05, 0.1) is 11.2 Å². The molecule has 2 heterocycles. The fourth-order valence-electron chi connectivity index (χ4n) is 1.51. The monoisotopic (exact) mass is 174 g/mol. The number of aromatic nitrogens is 2. The van der Waals surface area contributed by atoms with Crippen molar-refractivity contribution in [2.24, 2.45) is 5.92 Å². The summed E-state index contributed by atoms with van der Waals surface area (Å²) < 4.78 is 1.93. The van der Waals surface area contributed by atoms with Crippen molar-refractivity contribution in [1.82, 2.24) is 9.61 Å². The second-order valence-corrected chi connectivity index (χ2v) is 3.80. The molecular weight excluding hydrogens is 160 g/mol.